The highest BCUT2D eigenvalue weighted by Gasteiger charge is 2.24. The van der Waals surface area contributed by atoms with Gasteiger partial charge in [0, 0.05) is 25.3 Å². The number of likely N-dealkylation sites (N-methyl/N-ethyl adjacent to an activating group) is 1. The van der Waals surface area contributed by atoms with Crippen molar-refractivity contribution in [1.29, 1.82) is 0 Å². The van der Waals surface area contributed by atoms with E-state index in [-0.39, 0.29) is 18.3 Å². The third kappa shape index (κ3) is 4.13. The summed E-state index contributed by atoms with van der Waals surface area (Å²) in [6, 6.07) is 3.51. The molecule has 0 bridgehead atoms. The molecule has 0 spiro atoms. The normalized spacial score (nSPS) is 20.6. The van der Waals surface area contributed by atoms with Gasteiger partial charge in [0.05, 0.1) is 12.7 Å². The van der Waals surface area contributed by atoms with Crippen LogP contribution in [0, 0.1) is 5.82 Å². The fraction of sp³-hybridized carbons (Fsp3) is 0.538. The molecule has 8 heteroatoms. The lowest BCUT2D eigenvalue weighted by Crippen LogP contribution is -2.47. The number of nitrogens with one attached hydrogen (secondary N) is 1. The lowest BCUT2D eigenvalue weighted by atomic mass is 10.3. The van der Waals surface area contributed by atoms with E-state index in [9.17, 15) is 12.8 Å². The minimum atomic E-state index is -3.91. The van der Waals surface area contributed by atoms with E-state index in [0.29, 0.717) is 13.2 Å². The average molecular weight is 317 g/mol. The molecular formula is C13H20FN3O3S. The van der Waals surface area contributed by atoms with Gasteiger partial charge in [0.1, 0.15) is 10.7 Å². The van der Waals surface area contributed by atoms with Crippen LogP contribution in [0.4, 0.5) is 10.1 Å². The molecule has 21 heavy (non-hydrogen) atoms. The summed E-state index contributed by atoms with van der Waals surface area (Å²) in [5, 5.41) is 0. The van der Waals surface area contributed by atoms with Crippen molar-refractivity contribution >= 4 is 15.7 Å². The van der Waals surface area contributed by atoms with Crippen molar-refractivity contribution in [3.63, 3.8) is 0 Å². The molecule has 1 saturated heterocycles. The Balaban J connectivity index is 2.01. The number of halogens is 1. The maximum atomic E-state index is 13.7. The number of nitrogens with two attached hydrogens (primary N) is 1. The molecule has 0 amide bonds. The molecule has 0 radical (unpaired) electrons. The summed E-state index contributed by atoms with van der Waals surface area (Å²) in [4.78, 5) is 1.77. The predicted molar refractivity (Wildman–Crippen MR) is 77.9 cm³/mol. The topological polar surface area (TPSA) is 84.7 Å². The van der Waals surface area contributed by atoms with Crippen molar-refractivity contribution in [3.05, 3.63) is 24.0 Å². The van der Waals surface area contributed by atoms with E-state index in [1.165, 1.54) is 6.07 Å². The largest absolute Gasteiger partial charge is 0.399 e. The number of benzene rings is 1. The van der Waals surface area contributed by atoms with E-state index < -0.39 is 20.7 Å². The molecule has 0 aromatic heterocycles. The molecular weight excluding hydrogens is 297 g/mol. The number of rotatable bonds is 5. The Morgan fingerprint density at radius 3 is 2.95 bits per heavy atom. The molecule has 2 rings (SSSR count). The summed E-state index contributed by atoms with van der Waals surface area (Å²) in [7, 11) is -3.91. The Labute approximate surface area is 124 Å². The van der Waals surface area contributed by atoms with Gasteiger partial charge in [-0.3, -0.25) is 4.90 Å². The number of morpholine rings is 1. The van der Waals surface area contributed by atoms with Crippen molar-refractivity contribution in [1.82, 2.24) is 9.62 Å². The second-order valence-electron chi connectivity index (χ2n) is 4.93. The van der Waals surface area contributed by atoms with Crippen molar-refractivity contribution in [2.45, 2.75) is 17.9 Å². The summed E-state index contributed by atoms with van der Waals surface area (Å²) < 4.78 is 45.8. The van der Waals surface area contributed by atoms with Crippen LogP contribution in [-0.4, -0.2) is 52.2 Å². The Bertz CT molecular complexity index is 594. The summed E-state index contributed by atoms with van der Waals surface area (Å²) in [5.41, 5.74) is 5.59. The number of anilines is 1. The molecule has 1 unspecified atom stereocenters. The molecule has 0 aliphatic carbocycles. The van der Waals surface area contributed by atoms with E-state index in [4.69, 9.17) is 10.5 Å². The first-order valence-electron chi connectivity index (χ1n) is 6.81. The van der Waals surface area contributed by atoms with Gasteiger partial charge in [-0.2, -0.15) is 0 Å². The van der Waals surface area contributed by atoms with E-state index in [1.54, 1.807) is 0 Å². The zero-order chi connectivity index (χ0) is 15.5. The third-order valence-corrected chi connectivity index (χ3v) is 4.87. The van der Waals surface area contributed by atoms with Crippen LogP contribution in [0.1, 0.15) is 6.92 Å². The average Bonchev–Trinajstić information content (AvgIpc) is 2.45. The molecule has 6 nitrogen and oxygen atoms in total. The first-order chi connectivity index (χ1) is 9.92. The van der Waals surface area contributed by atoms with Gasteiger partial charge in [-0.25, -0.2) is 17.5 Å². The second kappa shape index (κ2) is 6.69. The van der Waals surface area contributed by atoms with Crippen LogP contribution in [0.15, 0.2) is 23.1 Å². The summed E-state index contributed by atoms with van der Waals surface area (Å²) in [6.45, 7) is 5.10. The zero-order valence-corrected chi connectivity index (χ0v) is 12.7. The molecule has 1 aliphatic heterocycles. The predicted octanol–water partition coefficient (Wildman–Crippen LogP) is 0.407. The maximum absolute atomic E-state index is 13.7. The fourth-order valence-corrected chi connectivity index (χ4v) is 3.33. The van der Waals surface area contributed by atoms with Crippen LogP contribution in [-0.2, 0) is 14.8 Å². The van der Waals surface area contributed by atoms with Crippen molar-refractivity contribution in [3.8, 4) is 0 Å². The van der Waals surface area contributed by atoms with Gasteiger partial charge in [-0.15, -0.1) is 0 Å². The number of ether oxygens (including phenoxy) is 1. The Hall–Kier alpha value is -1.22. The van der Waals surface area contributed by atoms with E-state index >= 15 is 0 Å². The van der Waals surface area contributed by atoms with Crippen LogP contribution >= 0.6 is 0 Å². The smallest absolute Gasteiger partial charge is 0.243 e. The number of sulfonamides is 1. The number of nitrogen functional groups attached to an aromatic ring is 1. The molecule has 3 N–H and O–H groups in total. The number of nitrogens with zero attached hydrogens (tertiary/aromatic N) is 1. The monoisotopic (exact) mass is 317 g/mol. The minimum Gasteiger partial charge on any atom is -0.399 e. The lowest BCUT2D eigenvalue weighted by Gasteiger charge is -2.32. The summed E-state index contributed by atoms with van der Waals surface area (Å²) in [6.07, 6.45) is -0.231. The fourth-order valence-electron chi connectivity index (χ4n) is 2.21. The van der Waals surface area contributed by atoms with Crippen LogP contribution in [0.2, 0.25) is 0 Å². The van der Waals surface area contributed by atoms with Gasteiger partial charge >= 0.3 is 0 Å². The van der Waals surface area contributed by atoms with Crippen LogP contribution in [0.25, 0.3) is 0 Å². The lowest BCUT2D eigenvalue weighted by molar-refractivity contribution is -0.0229. The van der Waals surface area contributed by atoms with Crippen molar-refractivity contribution in [2.24, 2.45) is 0 Å². The molecule has 1 heterocycles. The van der Waals surface area contributed by atoms with Crippen LogP contribution < -0.4 is 10.5 Å². The Morgan fingerprint density at radius 1 is 1.52 bits per heavy atom. The SMILES string of the molecule is CCN1CCOC(CNS(=O)(=O)c2ccc(N)cc2F)C1. The maximum Gasteiger partial charge on any atom is 0.243 e. The third-order valence-electron chi connectivity index (χ3n) is 3.42. The van der Waals surface area contributed by atoms with Crippen LogP contribution in [0.5, 0.6) is 0 Å². The van der Waals surface area contributed by atoms with Gasteiger partial charge < -0.3 is 10.5 Å². The number of hydrogen-bond donors (Lipinski definition) is 2. The molecule has 0 saturated carbocycles. The second-order valence-corrected chi connectivity index (χ2v) is 6.66. The molecule has 1 atom stereocenters. The molecule has 1 fully saturated rings. The summed E-state index contributed by atoms with van der Waals surface area (Å²) in [5.74, 6) is -0.859. The standard InChI is InChI=1S/C13H20FN3O3S/c1-2-17-5-6-20-11(9-17)8-16-21(18,19)13-4-3-10(15)7-12(13)14/h3-4,7,11,16H,2,5-6,8-9,15H2,1H3. The van der Waals surface area contributed by atoms with E-state index in [2.05, 4.69) is 9.62 Å². The van der Waals surface area contributed by atoms with Gasteiger partial charge in [0.2, 0.25) is 10.0 Å². The first-order valence-corrected chi connectivity index (χ1v) is 8.29. The highest BCUT2D eigenvalue weighted by atomic mass is 32.2. The van der Waals surface area contributed by atoms with Crippen molar-refractivity contribution < 1.29 is 17.5 Å². The van der Waals surface area contributed by atoms with Gasteiger partial charge in [-0.1, -0.05) is 6.92 Å². The number of hydrogen-bond acceptors (Lipinski definition) is 5. The molecule has 1 aliphatic rings. The minimum absolute atomic E-state index is 0.114. The van der Waals surface area contributed by atoms with Gasteiger partial charge in [-0.05, 0) is 24.7 Å². The van der Waals surface area contributed by atoms with E-state index in [1.807, 2.05) is 6.92 Å². The highest BCUT2D eigenvalue weighted by molar-refractivity contribution is 7.89. The van der Waals surface area contributed by atoms with Gasteiger partial charge in [0.15, 0.2) is 0 Å². The Kier molecular flexibility index (Phi) is 5.15. The van der Waals surface area contributed by atoms with Crippen LogP contribution in [0.3, 0.4) is 0 Å². The van der Waals surface area contributed by atoms with Gasteiger partial charge in [0.25, 0.3) is 0 Å². The van der Waals surface area contributed by atoms with E-state index in [0.717, 1.165) is 25.2 Å². The molecule has 118 valence electrons. The van der Waals surface area contributed by atoms with Crippen molar-refractivity contribution in [2.75, 3.05) is 38.5 Å². The highest BCUT2D eigenvalue weighted by Crippen LogP contribution is 2.17. The molecule has 1 aromatic carbocycles. The zero-order valence-electron chi connectivity index (χ0n) is 11.9. The quantitative estimate of drug-likeness (QED) is 0.768. The summed E-state index contributed by atoms with van der Waals surface area (Å²) >= 11 is 0. The Morgan fingerprint density at radius 2 is 2.29 bits per heavy atom. The first kappa shape index (κ1) is 16.2. The molecule has 1 aromatic rings.